The second-order valence-corrected chi connectivity index (χ2v) is 2.89. The summed E-state index contributed by atoms with van der Waals surface area (Å²) >= 11 is 0. The van der Waals surface area contributed by atoms with Crippen LogP contribution in [0.1, 0.15) is 5.69 Å². The molecule has 0 unspecified atom stereocenters. The monoisotopic (exact) mass is 196 g/mol. The van der Waals surface area contributed by atoms with Crippen molar-refractivity contribution in [2.45, 2.75) is 6.92 Å². The molecule has 1 aromatic rings. The number of methoxy groups -OCH3 is 1. The van der Waals surface area contributed by atoms with Crippen LogP contribution in [-0.2, 0) is 4.74 Å². The molecule has 2 N–H and O–H groups in total. The lowest BCUT2D eigenvalue weighted by atomic mass is 10.4. The summed E-state index contributed by atoms with van der Waals surface area (Å²) in [7, 11) is 3.47. The van der Waals surface area contributed by atoms with Gasteiger partial charge in [-0.3, -0.25) is 0 Å². The molecule has 0 aromatic carbocycles. The van der Waals surface area contributed by atoms with Crippen molar-refractivity contribution in [2.75, 3.05) is 37.9 Å². The van der Waals surface area contributed by atoms with Crippen LogP contribution in [0.25, 0.3) is 0 Å². The normalized spacial score (nSPS) is 9.93. The van der Waals surface area contributed by atoms with Crippen LogP contribution in [0.3, 0.4) is 0 Å². The van der Waals surface area contributed by atoms with Crippen molar-refractivity contribution in [2.24, 2.45) is 0 Å². The van der Waals surface area contributed by atoms with Gasteiger partial charge in [0.2, 0.25) is 5.95 Å². The molecule has 0 bridgehead atoms. The number of aryl methyl sites for hydroxylation is 1. The predicted molar refractivity (Wildman–Crippen MR) is 56.7 cm³/mol. The van der Waals surface area contributed by atoms with Gasteiger partial charge >= 0.3 is 0 Å². The number of anilines is 2. The summed E-state index contributed by atoms with van der Waals surface area (Å²) in [6, 6.07) is 1.90. The van der Waals surface area contributed by atoms with Gasteiger partial charge in [0.25, 0.3) is 0 Å². The third-order valence-electron chi connectivity index (χ3n) is 1.69. The highest BCUT2D eigenvalue weighted by atomic mass is 16.5. The highest BCUT2D eigenvalue weighted by molar-refractivity contribution is 5.41. The van der Waals surface area contributed by atoms with E-state index in [1.165, 1.54) is 0 Å². The van der Waals surface area contributed by atoms with Crippen LogP contribution in [0.4, 0.5) is 11.8 Å². The topological polar surface area (TPSA) is 59.1 Å². The average Bonchev–Trinajstić information content (AvgIpc) is 2.17. The van der Waals surface area contributed by atoms with Gasteiger partial charge in [0.1, 0.15) is 5.82 Å². The van der Waals surface area contributed by atoms with E-state index in [0.717, 1.165) is 18.1 Å². The van der Waals surface area contributed by atoms with Gasteiger partial charge in [-0.1, -0.05) is 0 Å². The number of aromatic nitrogens is 2. The first kappa shape index (κ1) is 10.7. The summed E-state index contributed by atoms with van der Waals surface area (Å²) in [4.78, 5) is 8.42. The molecule has 0 radical (unpaired) electrons. The Hall–Kier alpha value is -1.36. The van der Waals surface area contributed by atoms with E-state index in [2.05, 4.69) is 20.6 Å². The number of nitrogens with zero attached hydrogens (tertiary/aromatic N) is 2. The zero-order chi connectivity index (χ0) is 10.4. The predicted octanol–water partition coefficient (Wildman–Crippen LogP) is 0.885. The molecule has 0 spiro atoms. The third kappa shape index (κ3) is 3.18. The Morgan fingerprint density at radius 3 is 2.86 bits per heavy atom. The standard InChI is InChI=1S/C9H16N4O/c1-7-6-8(11-4-5-14-3)13-9(10-2)12-7/h6H,4-5H2,1-3H3,(H2,10,11,12,13). The largest absolute Gasteiger partial charge is 0.383 e. The first-order chi connectivity index (χ1) is 6.76. The van der Waals surface area contributed by atoms with Gasteiger partial charge in [-0.2, -0.15) is 4.98 Å². The van der Waals surface area contributed by atoms with E-state index in [0.29, 0.717) is 12.6 Å². The molecular formula is C9H16N4O. The first-order valence-electron chi connectivity index (χ1n) is 4.52. The molecule has 1 heterocycles. The number of ether oxygens (including phenoxy) is 1. The summed E-state index contributed by atoms with van der Waals surface area (Å²) < 4.78 is 4.93. The molecule has 0 saturated heterocycles. The Kier molecular flexibility index (Phi) is 4.12. The molecule has 1 aromatic heterocycles. The Morgan fingerprint density at radius 2 is 2.21 bits per heavy atom. The minimum Gasteiger partial charge on any atom is -0.383 e. The van der Waals surface area contributed by atoms with Gasteiger partial charge in [0.05, 0.1) is 6.61 Å². The fraction of sp³-hybridized carbons (Fsp3) is 0.556. The maximum absolute atomic E-state index is 4.93. The number of nitrogens with one attached hydrogen (secondary N) is 2. The van der Waals surface area contributed by atoms with Crippen molar-refractivity contribution in [1.29, 1.82) is 0 Å². The molecule has 0 amide bonds. The van der Waals surface area contributed by atoms with Crippen molar-refractivity contribution in [3.05, 3.63) is 11.8 Å². The van der Waals surface area contributed by atoms with Crippen molar-refractivity contribution < 1.29 is 4.74 Å². The van der Waals surface area contributed by atoms with E-state index >= 15 is 0 Å². The van der Waals surface area contributed by atoms with E-state index in [-0.39, 0.29) is 0 Å². The van der Waals surface area contributed by atoms with E-state index in [1.54, 1.807) is 14.2 Å². The van der Waals surface area contributed by atoms with Crippen LogP contribution in [0.15, 0.2) is 6.07 Å². The minimum atomic E-state index is 0.630. The number of hydrogen-bond donors (Lipinski definition) is 2. The van der Waals surface area contributed by atoms with E-state index < -0.39 is 0 Å². The molecule has 5 heteroatoms. The van der Waals surface area contributed by atoms with Crippen molar-refractivity contribution in [3.8, 4) is 0 Å². The molecule has 0 fully saturated rings. The van der Waals surface area contributed by atoms with E-state index in [1.807, 2.05) is 13.0 Å². The molecule has 78 valence electrons. The Bertz CT molecular complexity index is 290. The summed E-state index contributed by atoms with van der Waals surface area (Å²) in [6.45, 7) is 3.35. The Morgan fingerprint density at radius 1 is 1.43 bits per heavy atom. The van der Waals surface area contributed by atoms with Crippen LogP contribution < -0.4 is 10.6 Å². The fourth-order valence-electron chi connectivity index (χ4n) is 1.05. The van der Waals surface area contributed by atoms with Crippen LogP contribution in [-0.4, -0.2) is 37.3 Å². The van der Waals surface area contributed by atoms with Gasteiger partial charge in [-0.25, -0.2) is 4.98 Å². The zero-order valence-electron chi connectivity index (χ0n) is 8.79. The molecule has 0 aliphatic heterocycles. The molecule has 5 nitrogen and oxygen atoms in total. The molecule has 1 rings (SSSR count). The molecule has 0 aliphatic carbocycles. The number of rotatable bonds is 5. The van der Waals surface area contributed by atoms with Crippen molar-refractivity contribution >= 4 is 11.8 Å². The summed E-state index contributed by atoms with van der Waals surface area (Å²) in [5.74, 6) is 1.45. The highest BCUT2D eigenvalue weighted by Crippen LogP contribution is 2.08. The third-order valence-corrected chi connectivity index (χ3v) is 1.69. The molecular weight excluding hydrogens is 180 g/mol. The van der Waals surface area contributed by atoms with Gasteiger partial charge in [0, 0.05) is 32.5 Å². The van der Waals surface area contributed by atoms with Gasteiger partial charge in [-0.05, 0) is 6.92 Å². The second kappa shape index (κ2) is 5.39. The Balaban J connectivity index is 2.62. The summed E-state index contributed by atoms with van der Waals surface area (Å²) in [5, 5.41) is 6.05. The lowest BCUT2D eigenvalue weighted by Crippen LogP contribution is -2.10. The lowest BCUT2D eigenvalue weighted by Gasteiger charge is -2.07. The van der Waals surface area contributed by atoms with Crippen molar-refractivity contribution in [1.82, 2.24) is 9.97 Å². The SMILES string of the molecule is CNc1nc(C)cc(NCCOC)n1. The van der Waals surface area contributed by atoms with Gasteiger partial charge in [-0.15, -0.1) is 0 Å². The van der Waals surface area contributed by atoms with Crippen LogP contribution >= 0.6 is 0 Å². The van der Waals surface area contributed by atoms with Gasteiger partial charge in [0.15, 0.2) is 0 Å². The zero-order valence-corrected chi connectivity index (χ0v) is 8.79. The van der Waals surface area contributed by atoms with Gasteiger partial charge < -0.3 is 15.4 Å². The second-order valence-electron chi connectivity index (χ2n) is 2.89. The highest BCUT2D eigenvalue weighted by Gasteiger charge is 1.99. The number of hydrogen-bond acceptors (Lipinski definition) is 5. The maximum Gasteiger partial charge on any atom is 0.224 e. The van der Waals surface area contributed by atoms with Crippen LogP contribution in [0, 0.1) is 6.92 Å². The summed E-state index contributed by atoms with van der Waals surface area (Å²) in [5.41, 5.74) is 0.935. The van der Waals surface area contributed by atoms with E-state index in [9.17, 15) is 0 Å². The quantitative estimate of drug-likeness (QED) is 0.685. The maximum atomic E-state index is 4.93. The van der Waals surface area contributed by atoms with E-state index in [4.69, 9.17) is 4.74 Å². The van der Waals surface area contributed by atoms with Crippen LogP contribution in [0.2, 0.25) is 0 Å². The molecule has 0 atom stereocenters. The van der Waals surface area contributed by atoms with Crippen LogP contribution in [0.5, 0.6) is 0 Å². The molecule has 0 aliphatic rings. The smallest absolute Gasteiger partial charge is 0.224 e. The fourth-order valence-corrected chi connectivity index (χ4v) is 1.05. The molecule has 0 saturated carbocycles. The summed E-state index contributed by atoms with van der Waals surface area (Å²) in [6.07, 6.45) is 0. The Labute approximate surface area is 83.9 Å². The first-order valence-corrected chi connectivity index (χ1v) is 4.52. The minimum absolute atomic E-state index is 0.630. The van der Waals surface area contributed by atoms with Crippen molar-refractivity contribution in [3.63, 3.8) is 0 Å². The average molecular weight is 196 g/mol. The lowest BCUT2D eigenvalue weighted by molar-refractivity contribution is 0.210. The molecule has 14 heavy (non-hydrogen) atoms.